The van der Waals surface area contributed by atoms with Crippen LogP contribution in [0.2, 0.25) is 0 Å². The molecule has 414 valence electrons. The van der Waals surface area contributed by atoms with Crippen molar-refractivity contribution in [1.82, 2.24) is 31.1 Å². The summed E-state index contributed by atoms with van der Waals surface area (Å²) >= 11 is 1.90. The molecule has 7 rings (SSSR count). The number of thioether (sulfide) groups is 1. The lowest BCUT2D eigenvalue weighted by Crippen LogP contribution is -2.51. The van der Waals surface area contributed by atoms with Crippen LogP contribution < -0.4 is 36.8 Å². The Morgan fingerprint density at radius 2 is 1.25 bits per heavy atom. The second-order valence-corrected chi connectivity index (χ2v) is 20.1. The fourth-order valence-corrected chi connectivity index (χ4v) is 10.8. The average molecular weight is 1070 g/mol. The number of likely N-dealkylation sites (N-methyl/N-ethyl adjacent to an activating group) is 1. The van der Waals surface area contributed by atoms with Crippen LogP contribution in [0.25, 0.3) is 11.3 Å². The maximum atomic E-state index is 13.4. The Hall–Kier alpha value is -5.62. The van der Waals surface area contributed by atoms with Gasteiger partial charge in [-0.05, 0) is 48.7 Å². The number of unbranched alkanes of at least 4 members (excludes halogenated alkanes) is 1. The summed E-state index contributed by atoms with van der Waals surface area (Å²) in [4.78, 5) is 68.7. The van der Waals surface area contributed by atoms with Gasteiger partial charge in [-0.3, -0.25) is 29.0 Å². The summed E-state index contributed by atoms with van der Waals surface area (Å²) < 4.78 is 33.3. The van der Waals surface area contributed by atoms with Gasteiger partial charge >= 0.3 is 6.03 Å². The van der Waals surface area contributed by atoms with E-state index < -0.39 is 0 Å². The number of fused-ring (bicyclic) bond motifs is 2. The first-order valence-electron chi connectivity index (χ1n) is 26.7. The number of nitrogens with zero attached hydrogens (tertiary/aromatic N) is 3. The molecule has 76 heavy (non-hydrogen) atoms. The number of rotatable bonds is 35. The maximum Gasteiger partial charge on any atom is 0.315 e. The van der Waals surface area contributed by atoms with Crippen molar-refractivity contribution in [3.8, 4) is 0 Å². The van der Waals surface area contributed by atoms with Gasteiger partial charge in [-0.1, -0.05) is 55.0 Å². The standard InChI is InChI=1S/C55H77N9O11S/c1-62(43-17-15-42(16-18-43)58-52(41-9-3-2-4-10-41)51-44-11-5-6-12-45(44)59-54(51)68)50(67)39-64-25-23-63(24-26-64)22-20-56-49(66)19-27-70-29-31-72-33-35-74-37-38-75-36-34-73-32-30-71-28-21-57-48(65)14-8-7-13-47-53-46(40-76-47)60-55(69)61-53/h2-6,9-12,15-18,46-47,53,58H,7-8,13-14,19-40H2,1H3,(H,56,66)(H,57,65)(H,59,68)(H2,60,61,69)/b52-51-/t46-,47-,53-/m0/s1. The van der Waals surface area contributed by atoms with Crippen molar-refractivity contribution in [2.24, 2.45) is 0 Å². The highest BCUT2D eigenvalue weighted by molar-refractivity contribution is 8.00. The third-order valence-electron chi connectivity index (χ3n) is 13.4. The zero-order chi connectivity index (χ0) is 53.2. The number of carbonyl (C=O) groups is 5. The molecule has 0 spiro atoms. The Balaban J connectivity index is 0.609. The van der Waals surface area contributed by atoms with Gasteiger partial charge in [-0.2, -0.15) is 11.8 Å². The molecule has 4 heterocycles. The van der Waals surface area contributed by atoms with Crippen LogP contribution in [0.3, 0.4) is 0 Å². The fraction of sp³-hybridized carbons (Fsp3) is 0.545. The lowest BCUT2D eigenvalue weighted by molar-refractivity contribution is -0.123. The highest BCUT2D eigenvalue weighted by Gasteiger charge is 2.42. The van der Waals surface area contributed by atoms with E-state index in [1.165, 1.54) is 0 Å². The number of carbonyl (C=O) groups excluding carboxylic acids is 5. The number of benzene rings is 3. The molecule has 0 saturated carbocycles. The number of hydrogen-bond donors (Lipinski definition) is 6. The van der Waals surface area contributed by atoms with E-state index in [2.05, 4.69) is 41.7 Å². The number of nitrogens with one attached hydrogen (secondary N) is 6. The number of piperazine rings is 1. The summed E-state index contributed by atoms with van der Waals surface area (Å²) in [6.45, 7) is 10.3. The molecule has 20 nitrogen and oxygen atoms in total. The number of hydrogen-bond acceptors (Lipinski definition) is 15. The molecule has 3 aromatic rings. The second kappa shape index (κ2) is 32.2. The van der Waals surface area contributed by atoms with Crippen molar-refractivity contribution in [3.05, 3.63) is 90.0 Å². The molecule has 3 fully saturated rings. The molecule has 3 aromatic carbocycles. The zero-order valence-electron chi connectivity index (χ0n) is 43.9. The molecule has 0 bridgehead atoms. The molecule has 21 heteroatoms. The van der Waals surface area contributed by atoms with Crippen LogP contribution in [0.4, 0.5) is 21.9 Å². The van der Waals surface area contributed by atoms with Gasteiger partial charge < -0.3 is 65.2 Å². The monoisotopic (exact) mass is 1070 g/mol. The molecule has 0 radical (unpaired) electrons. The van der Waals surface area contributed by atoms with E-state index in [-0.39, 0.29) is 48.2 Å². The maximum absolute atomic E-state index is 13.4. The van der Waals surface area contributed by atoms with E-state index >= 15 is 0 Å². The van der Waals surface area contributed by atoms with Gasteiger partial charge in [0.2, 0.25) is 17.7 Å². The molecule has 3 saturated heterocycles. The lowest BCUT2D eigenvalue weighted by atomic mass is 10.00. The predicted octanol–water partition coefficient (Wildman–Crippen LogP) is 3.65. The van der Waals surface area contributed by atoms with Crippen molar-refractivity contribution in [1.29, 1.82) is 0 Å². The van der Waals surface area contributed by atoms with Crippen molar-refractivity contribution in [3.63, 3.8) is 0 Å². The van der Waals surface area contributed by atoms with Gasteiger partial charge in [-0.25, -0.2) is 4.79 Å². The van der Waals surface area contributed by atoms with Gasteiger partial charge in [0.1, 0.15) is 0 Å². The van der Waals surface area contributed by atoms with Crippen molar-refractivity contribution in [2.75, 3.05) is 160 Å². The molecule has 3 atom stereocenters. The number of ether oxygens (including phenoxy) is 6. The largest absolute Gasteiger partial charge is 0.379 e. The van der Waals surface area contributed by atoms with E-state index in [0.29, 0.717) is 122 Å². The lowest BCUT2D eigenvalue weighted by Gasteiger charge is -2.35. The quantitative estimate of drug-likeness (QED) is 0.0281. The minimum absolute atomic E-state index is 0.000558. The molecule has 6 amide bonds. The van der Waals surface area contributed by atoms with Gasteiger partial charge in [-0.15, -0.1) is 0 Å². The van der Waals surface area contributed by atoms with Gasteiger partial charge in [0.05, 0.1) is 109 Å². The van der Waals surface area contributed by atoms with Crippen LogP contribution in [0.5, 0.6) is 0 Å². The van der Waals surface area contributed by atoms with Crippen molar-refractivity contribution < 1.29 is 52.4 Å². The first-order chi connectivity index (χ1) is 37.2. The normalized spacial score (nSPS) is 18.8. The van der Waals surface area contributed by atoms with Gasteiger partial charge in [0.15, 0.2) is 0 Å². The van der Waals surface area contributed by atoms with E-state index in [0.717, 1.165) is 85.9 Å². The summed E-state index contributed by atoms with van der Waals surface area (Å²) in [5.74, 6) is 0.766. The molecule has 4 aliphatic heterocycles. The molecule has 0 unspecified atom stereocenters. The Kier molecular flexibility index (Phi) is 24.6. The highest BCUT2D eigenvalue weighted by Crippen LogP contribution is 2.38. The molecular weight excluding hydrogens is 995 g/mol. The molecule has 6 N–H and O–H groups in total. The van der Waals surface area contributed by atoms with E-state index in [1.807, 2.05) is 90.6 Å². The first-order valence-corrected chi connectivity index (χ1v) is 27.7. The second-order valence-electron chi connectivity index (χ2n) is 18.8. The van der Waals surface area contributed by atoms with Crippen molar-refractivity contribution >= 4 is 69.8 Å². The van der Waals surface area contributed by atoms with Crippen LogP contribution >= 0.6 is 11.8 Å². The van der Waals surface area contributed by atoms with Crippen LogP contribution in [0.1, 0.15) is 43.2 Å². The van der Waals surface area contributed by atoms with Crippen LogP contribution in [0.15, 0.2) is 78.9 Å². The molecule has 0 aliphatic carbocycles. The Morgan fingerprint density at radius 3 is 1.93 bits per heavy atom. The molecular formula is C55H77N9O11S. The summed E-state index contributed by atoms with van der Waals surface area (Å²) in [5, 5.41) is 18.7. The van der Waals surface area contributed by atoms with Crippen molar-refractivity contribution in [2.45, 2.75) is 49.4 Å². The van der Waals surface area contributed by atoms with E-state index in [1.54, 1.807) is 11.9 Å². The number of para-hydroxylation sites is 1. The van der Waals surface area contributed by atoms with Gasteiger partial charge in [0, 0.05) is 99.3 Å². The van der Waals surface area contributed by atoms with Crippen LogP contribution in [-0.4, -0.2) is 201 Å². The topological polar surface area (TPSA) is 223 Å². The first kappa shape index (κ1) is 58.1. The zero-order valence-corrected chi connectivity index (χ0v) is 44.7. The molecule has 4 aliphatic rings. The predicted molar refractivity (Wildman–Crippen MR) is 294 cm³/mol. The Bertz CT molecular complexity index is 2320. The minimum atomic E-state index is -0.161. The molecule has 0 aromatic heterocycles. The smallest absolute Gasteiger partial charge is 0.315 e. The number of amides is 6. The van der Waals surface area contributed by atoms with Crippen LogP contribution in [-0.2, 0) is 47.6 Å². The summed E-state index contributed by atoms with van der Waals surface area (Å²) in [6.07, 6.45) is 3.56. The summed E-state index contributed by atoms with van der Waals surface area (Å²) in [5.41, 5.74) is 5.36. The minimum Gasteiger partial charge on any atom is -0.379 e. The highest BCUT2D eigenvalue weighted by atomic mass is 32.2. The Labute approximate surface area is 451 Å². The van der Waals surface area contributed by atoms with Gasteiger partial charge in [0.25, 0.3) is 5.91 Å². The summed E-state index contributed by atoms with van der Waals surface area (Å²) in [6, 6.07) is 25.5. The number of anilines is 3. The SMILES string of the molecule is CN(C(=O)CN1CCN(CCNC(=O)CCOCCOCCOCCOCCOCCOCCNC(=O)CCCC[C@@H]2SC[C@@H]3NC(=O)N[C@@H]32)CC1)c1ccc(N/C(=C2\C(=O)Nc3ccccc32)c2ccccc2)cc1. The summed E-state index contributed by atoms with van der Waals surface area (Å²) in [7, 11) is 1.79. The Morgan fingerprint density at radius 1 is 0.658 bits per heavy atom. The third kappa shape index (κ3) is 19.1. The van der Waals surface area contributed by atoms with E-state index in [9.17, 15) is 24.0 Å². The number of urea groups is 1. The van der Waals surface area contributed by atoms with Crippen LogP contribution in [0, 0.1) is 0 Å². The fourth-order valence-electron chi connectivity index (χ4n) is 9.21. The van der Waals surface area contributed by atoms with E-state index in [4.69, 9.17) is 28.4 Å². The third-order valence-corrected chi connectivity index (χ3v) is 14.9. The average Bonchev–Trinajstić information content (AvgIpc) is 4.13.